The van der Waals surface area contributed by atoms with Gasteiger partial charge in [-0.3, -0.25) is 4.79 Å². The molecule has 0 heterocycles. The Morgan fingerprint density at radius 3 is 2.50 bits per heavy atom. The van der Waals surface area contributed by atoms with Crippen molar-refractivity contribution in [3.05, 3.63) is 39.9 Å². The van der Waals surface area contributed by atoms with Gasteiger partial charge in [-0.15, -0.1) is 0 Å². The van der Waals surface area contributed by atoms with Crippen LogP contribution in [0.25, 0.3) is 0 Å². The van der Waals surface area contributed by atoms with Crippen LogP contribution in [0.5, 0.6) is 0 Å². The lowest BCUT2D eigenvalue weighted by atomic mass is 10.3. The lowest BCUT2D eigenvalue weighted by molar-refractivity contribution is -0.111. The van der Waals surface area contributed by atoms with Crippen LogP contribution in [-0.2, 0) is 4.79 Å². The number of hydrogen-bond donors (Lipinski definition) is 1. The molecule has 0 aromatic heterocycles. The minimum Gasteiger partial charge on any atom is -0.321 e. The molecule has 1 rings (SSSR count). The maximum atomic E-state index is 11.0. The molecule has 0 aliphatic rings. The summed E-state index contributed by atoms with van der Waals surface area (Å²) in [6, 6.07) is 3.12. The van der Waals surface area contributed by atoms with Crippen molar-refractivity contribution in [3.8, 4) is 0 Å². The number of hydrogen-bond acceptors (Lipinski definition) is 1. The lowest BCUT2D eigenvalue weighted by Gasteiger charge is -2.06. The Hall–Kier alpha value is -0.700. The first-order chi connectivity index (χ1) is 6.56. The SMILES string of the molecule is C=CC(=O)Nc1ccc(Cl)c(Cl)c1Cl. The molecule has 0 radical (unpaired) electrons. The summed E-state index contributed by atoms with van der Waals surface area (Å²) in [5, 5.41) is 3.27. The summed E-state index contributed by atoms with van der Waals surface area (Å²) in [7, 11) is 0. The molecule has 0 aliphatic heterocycles. The number of anilines is 1. The highest BCUT2D eigenvalue weighted by Gasteiger charge is 2.09. The molecule has 0 saturated carbocycles. The van der Waals surface area contributed by atoms with Gasteiger partial charge >= 0.3 is 0 Å². The van der Waals surface area contributed by atoms with Crippen molar-refractivity contribution in [2.24, 2.45) is 0 Å². The molecule has 0 unspecified atom stereocenters. The van der Waals surface area contributed by atoms with Gasteiger partial charge < -0.3 is 5.32 Å². The van der Waals surface area contributed by atoms with Crippen molar-refractivity contribution in [1.29, 1.82) is 0 Å². The van der Waals surface area contributed by atoms with Crippen LogP contribution in [0.15, 0.2) is 24.8 Å². The molecule has 0 atom stereocenters. The van der Waals surface area contributed by atoms with E-state index in [1.807, 2.05) is 0 Å². The third kappa shape index (κ3) is 2.41. The summed E-state index contributed by atoms with van der Waals surface area (Å²) in [5.74, 6) is -0.356. The maximum Gasteiger partial charge on any atom is 0.247 e. The predicted octanol–water partition coefficient (Wildman–Crippen LogP) is 3.77. The van der Waals surface area contributed by atoms with Crippen molar-refractivity contribution in [2.75, 3.05) is 5.32 Å². The number of halogens is 3. The highest BCUT2D eigenvalue weighted by molar-refractivity contribution is 6.49. The van der Waals surface area contributed by atoms with Crippen LogP contribution in [0.4, 0.5) is 5.69 Å². The smallest absolute Gasteiger partial charge is 0.247 e. The van der Waals surface area contributed by atoms with Crippen molar-refractivity contribution in [1.82, 2.24) is 0 Å². The van der Waals surface area contributed by atoms with E-state index < -0.39 is 0 Å². The summed E-state index contributed by atoms with van der Waals surface area (Å²) >= 11 is 17.3. The molecule has 0 saturated heterocycles. The monoisotopic (exact) mass is 249 g/mol. The van der Waals surface area contributed by atoms with Crippen LogP contribution in [-0.4, -0.2) is 5.91 Å². The lowest BCUT2D eigenvalue weighted by Crippen LogP contribution is -2.07. The van der Waals surface area contributed by atoms with E-state index in [0.717, 1.165) is 6.08 Å². The molecular formula is C9H6Cl3NO. The molecule has 0 bridgehead atoms. The van der Waals surface area contributed by atoms with Crippen molar-refractivity contribution < 1.29 is 4.79 Å². The summed E-state index contributed by atoms with van der Waals surface area (Å²) in [4.78, 5) is 11.0. The Labute approximate surface area is 96.5 Å². The van der Waals surface area contributed by atoms with Gasteiger partial charge in [-0.05, 0) is 18.2 Å². The third-order valence-electron chi connectivity index (χ3n) is 1.48. The van der Waals surface area contributed by atoms with Crippen LogP contribution in [0.1, 0.15) is 0 Å². The van der Waals surface area contributed by atoms with E-state index in [4.69, 9.17) is 34.8 Å². The molecule has 1 amide bonds. The first kappa shape index (κ1) is 11.4. The molecule has 0 spiro atoms. The zero-order chi connectivity index (χ0) is 10.7. The summed E-state index contributed by atoms with van der Waals surface area (Å²) < 4.78 is 0. The van der Waals surface area contributed by atoms with E-state index in [0.29, 0.717) is 10.7 Å². The van der Waals surface area contributed by atoms with E-state index in [9.17, 15) is 4.79 Å². The second-order valence-corrected chi connectivity index (χ2v) is 3.58. The number of rotatable bonds is 2. The summed E-state index contributed by atoms with van der Waals surface area (Å²) in [5.41, 5.74) is 0.408. The number of carbonyl (C=O) groups excluding carboxylic acids is 1. The molecule has 1 aromatic rings. The quantitative estimate of drug-likeness (QED) is 0.628. The minimum absolute atomic E-state index is 0.217. The van der Waals surface area contributed by atoms with E-state index in [1.54, 1.807) is 12.1 Å². The van der Waals surface area contributed by atoms with Crippen molar-refractivity contribution >= 4 is 46.4 Å². The van der Waals surface area contributed by atoms with Crippen LogP contribution in [0.2, 0.25) is 15.1 Å². The number of carbonyl (C=O) groups is 1. The van der Waals surface area contributed by atoms with Crippen LogP contribution >= 0.6 is 34.8 Å². The van der Waals surface area contributed by atoms with Crippen molar-refractivity contribution in [2.45, 2.75) is 0 Å². The third-order valence-corrected chi connectivity index (χ3v) is 2.77. The van der Waals surface area contributed by atoms with Crippen LogP contribution < -0.4 is 5.32 Å². The zero-order valence-electron chi connectivity index (χ0n) is 6.98. The standard InChI is InChI=1S/C9H6Cl3NO/c1-2-7(14)13-6-4-3-5(10)8(11)9(6)12/h2-4H,1H2,(H,13,14). The summed E-state index contributed by atoms with van der Waals surface area (Å²) in [6.07, 6.45) is 1.14. The number of amides is 1. The fourth-order valence-electron chi connectivity index (χ4n) is 0.806. The summed E-state index contributed by atoms with van der Waals surface area (Å²) in [6.45, 7) is 3.31. The normalized spacial score (nSPS) is 9.64. The largest absolute Gasteiger partial charge is 0.321 e. The molecule has 2 nitrogen and oxygen atoms in total. The fourth-order valence-corrected chi connectivity index (χ4v) is 1.39. The average Bonchev–Trinajstić information content (AvgIpc) is 2.19. The Bertz CT molecular complexity index is 390. The first-order valence-corrected chi connectivity index (χ1v) is 4.76. The number of benzene rings is 1. The first-order valence-electron chi connectivity index (χ1n) is 3.63. The van der Waals surface area contributed by atoms with Gasteiger partial charge in [0.25, 0.3) is 0 Å². The van der Waals surface area contributed by atoms with Gasteiger partial charge in [0.05, 0.1) is 20.8 Å². The van der Waals surface area contributed by atoms with Gasteiger partial charge in [0, 0.05) is 0 Å². The molecular weight excluding hydrogens is 244 g/mol. The zero-order valence-corrected chi connectivity index (χ0v) is 9.25. The van der Waals surface area contributed by atoms with Gasteiger partial charge in [-0.1, -0.05) is 41.4 Å². The molecule has 1 N–H and O–H groups in total. The van der Waals surface area contributed by atoms with E-state index >= 15 is 0 Å². The topological polar surface area (TPSA) is 29.1 Å². The Morgan fingerprint density at radius 2 is 1.93 bits per heavy atom. The van der Waals surface area contributed by atoms with Gasteiger partial charge in [0.1, 0.15) is 0 Å². The van der Waals surface area contributed by atoms with Gasteiger partial charge in [0.15, 0.2) is 0 Å². The molecule has 74 valence electrons. The van der Waals surface area contributed by atoms with E-state index in [2.05, 4.69) is 11.9 Å². The Balaban J connectivity index is 3.05. The molecule has 14 heavy (non-hydrogen) atoms. The van der Waals surface area contributed by atoms with Gasteiger partial charge in [0.2, 0.25) is 5.91 Å². The van der Waals surface area contributed by atoms with Gasteiger partial charge in [-0.2, -0.15) is 0 Å². The van der Waals surface area contributed by atoms with Crippen molar-refractivity contribution in [3.63, 3.8) is 0 Å². The Morgan fingerprint density at radius 1 is 1.29 bits per heavy atom. The van der Waals surface area contributed by atoms with Crippen LogP contribution in [0, 0.1) is 0 Å². The average molecular weight is 251 g/mol. The number of nitrogens with one attached hydrogen (secondary N) is 1. The highest BCUT2D eigenvalue weighted by Crippen LogP contribution is 2.35. The van der Waals surface area contributed by atoms with E-state index in [-0.39, 0.29) is 16.0 Å². The minimum atomic E-state index is -0.356. The molecule has 0 fully saturated rings. The fraction of sp³-hybridized carbons (Fsp3) is 0. The second-order valence-electron chi connectivity index (χ2n) is 2.42. The van der Waals surface area contributed by atoms with Crippen LogP contribution in [0.3, 0.4) is 0 Å². The van der Waals surface area contributed by atoms with E-state index in [1.165, 1.54) is 0 Å². The Kier molecular flexibility index (Phi) is 3.81. The highest BCUT2D eigenvalue weighted by atomic mass is 35.5. The van der Waals surface area contributed by atoms with Gasteiger partial charge in [-0.25, -0.2) is 0 Å². The maximum absolute atomic E-state index is 11.0. The molecule has 5 heteroatoms. The molecule has 0 aliphatic carbocycles. The molecule has 1 aromatic carbocycles. The predicted molar refractivity (Wildman–Crippen MR) is 60.3 cm³/mol. The second kappa shape index (κ2) is 4.69.